The first kappa shape index (κ1) is 15.5. The lowest BCUT2D eigenvalue weighted by Gasteiger charge is -2.32. The van der Waals surface area contributed by atoms with Crippen LogP contribution < -0.4 is 15.2 Å². The first-order valence-corrected chi connectivity index (χ1v) is 7.81. The van der Waals surface area contributed by atoms with Crippen LogP contribution in [0.25, 0.3) is 0 Å². The number of aromatic nitrogens is 2. The minimum atomic E-state index is -0.331. The molecule has 1 aliphatic rings. The fourth-order valence-electron chi connectivity index (χ4n) is 2.81. The van der Waals surface area contributed by atoms with E-state index in [-0.39, 0.29) is 11.4 Å². The van der Waals surface area contributed by atoms with Crippen molar-refractivity contribution in [3.63, 3.8) is 0 Å². The van der Waals surface area contributed by atoms with Gasteiger partial charge in [-0.15, -0.1) is 0 Å². The number of aryl methyl sites for hydroxylation is 1. The number of ether oxygens (including phenoxy) is 1. The molecule has 6 heteroatoms. The number of piperidine rings is 1. The summed E-state index contributed by atoms with van der Waals surface area (Å²) in [5, 5.41) is 0. The summed E-state index contributed by atoms with van der Waals surface area (Å²) < 4.78 is 19.1. The quantitative estimate of drug-likeness (QED) is 0.941. The van der Waals surface area contributed by atoms with E-state index < -0.39 is 0 Å². The lowest BCUT2D eigenvalue weighted by atomic mass is 9.97. The third-order valence-corrected chi connectivity index (χ3v) is 4.17. The molecule has 0 amide bonds. The molecule has 23 heavy (non-hydrogen) atoms. The number of nitrogens with one attached hydrogen (secondary N) is 1. The van der Waals surface area contributed by atoms with E-state index in [0.29, 0.717) is 29.8 Å². The highest BCUT2D eigenvalue weighted by molar-refractivity contribution is 5.42. The van der Waals surface area contributed by atoms with Gasteiger partial charge in [0.25, 0.3) is 5.56 Å². The first-order chi connectivity index (χ1) is 11.1. The summed E-state index contributed by atoms with van der Waals surface area (Å²) in [5.74, 6) is 0.951. The molecule has 1 aliphatic heterocycles. The number of aromatic amines is 1. The molecule has 3 rings (SSSR count). The second-order valence-corrected chi connectivity index (χ2v) is 5.85. The zero-order chi connectivity index (χ0) is 16.2. The van der Waals surface area contributed by atoms with Crippen LogP contribution in [-0.2, 0) is 0 Å². The Labute approximate surface area is 134 Å². The number of halogens is 1. The largest absolute Gasteiger partial charge is 0.490 e. The molecule has 1 N–H and O–H groups in total. The predicted molar refractivity (Wildman–Crippen MR) is 86.4 cm³/mol. The molecule has 5 nitrogen and oxygen atoms in total. The number of benzene rings is 1. The highest BCUT2D eigenvalue weighted by Crippen LogP contribution is 2.23. The number of H-pyrrole nitrogens is 1. The number of nitrogens with zero attached hydrogens (tertiary/aromatic N) is 2. The van der Waals surface area contributed by atoms with Crippen LogP contribution in [0.2, 0.25) is 0 Å². The summed E-state index contributed by atoms with van der Waals surface area (Å²) in [4.78, 5) is 20.9. The second kappa shape index (κ2) is 6.81. The van der Waals surface area contributed by atoms with Gasteiger partial charge < -0.3 is 14.6 Å². The normalized spacial score (nSPS) is 15.7. The van der Waals surface area contributed by atoms with Crippen molar-refractivity contribution in [2.75, 3.05) is 24.6 Å². The summed E-state index contributed by atoms with van der Waals surface area (Å²) in [7, 11) is 0. The van der Waals surface area contributed by atoms with Gasteiger partial charge in [0.15, 0.2) is 11.6 Å². The summed E-state index contributed by atoms with van der Waals surface area (Å²) >= 11 is 0. The number of anilines is 1. The Morgan fingerprint density at radius 1 is 1.35 bits per heavy atom. The predicted octanol–water partition coefficient (Wildman–Crippen LogP) is 2.51. The standard InChI is InChI=1S/C17H20FN3O2/c1-12-19-10-15(17(22)20-12)21-8-6-13(7-9-21)11-23-16-5-3-2-4-14(16)18/h2-5,10,13H,6-9,11H2,1H3,(H,19,20,22). The van der Waals surface area contributed by atoms with Crippen molar-refractivity contribution in [2.45, 2.75) is 19.8 Å². The van der Waals surface area contributed by atoms with Gasteiger partial charge in [0.1, 0.15) is 11.5 Å². The summed E-state index contributed by atoms with van der Waals surface area (Å²) in [6, 6.07) is 6.45. The van der Waals surface area contributed by atoms with Crippen LogP contribution in [0.3, 0.4) is 0 Å². The average molecular weight is 317 g/mol. The van der Waals surface area contributed by atoms with Gasteiger partial charge in [-0.2, -0.15) is 0 Å². The number of hydrogen-bond acceptors (Lipinski definition) is 4. The van der Waals surface area contributed by atoms with Crippen LogP contribution >= 0.6 is 0 Å². The summed E-state index contributed by atoms with van der Waals surface area (Å²) in [6.07, 6.45) is 3.44. The topological polar surface area (TPSA) is 58.2 Å². The fourth-order valence-corrected chi connectivity index (χ4v) is 2.81. The molecule has 2 heterocycles. The first-order valence-electron chi connectivity index (χ1n) is 7.81. The minimum absolute atomic E-state index is 0.0986. The van der Waals surface area contributed by atoms with Crippen molar-refractivity contribution in [3.8, 4) is 5.75 Å². The Hall–Kier alpha value is -2.37. The van der Waals surface area contributed by atoms with Gasteiger partial charge in [-0.3, -0.25) is 4.79 Å². The lowest BCUT2D eigenvalue weighted by molar-refractivity contribution is 0.215. The van der Waals surface area contributed by atoms with Crippen LogP contribution in [0.15, 0.2) is 35.3 Å². The van der Waals surface area contributed by atoms with Gasteiger partial charge in [0, 0.05) is 13.1 Å². The van der Waals surface area contributed by atoms with Crippen molar-refractivity contribution in [3.05, 3.63) is 52.5 Å². The maximum Gasteiger partial charge on any atom is 0.274 e. The Morgan fingerprint density at radius 3 is 2.78 bits per heavy atom. The number of rotatable bonds is 4. The molecule has 0 bridgehead atoms. The average Bonchev–Trinajstić information content (AvgIpc) is 2.55. The van der Waals surface area contributed by atoms with E-state index in [4.69, 9.17) is 4.74 Å². The van der Waals surface area contributed by atoms with E-state index in [9.17, 15) is 9.18 Å². The third-order valence-electron chi connectivity index (χ3n) is 4.17. The SMILES string of the molecule is Cc1ncc(N2CCC(COc3ccccc3F)CC2)c(=O)[nH]1. The number of para-hydroxylation sites is 1. The van der Waals surface area contributed by atoms with E-state index in [1.54, 1.807) is 31.3 Å². The van der Waals surface area contributed by atoms with Crippen LogP contribution in [-0.4, -0.2) is 29.7 Å². The molecule has 1 aromatic heterocycles. The monoisotopic (exact) mass is 317 g/mol. The van der Waals surface area contributed by atoms with E-state index in [1.807, 2.05) is 4.90 Å². The Kier molecular flexibility index (Phi) is 4.60. The van der Waals surface area contributed by atoms with Crippen LogP contribution in [0.1, 0.15) is 18.7 Å². The lowest BCUT2D eigenvalue weighted by Crippen LogP contribution is -2.38. The molecule has 2 aromatic rings. The Bertz CT molecular complexity index is 724. The summed E-state index contributed by atoms with van der Waals surface area (Å²) in [5.41, 5.74) is 0.516. The van der Waals surface area contributed by atoms with Crippen molar-refractivity contribution in [1.82, 2.24) is 9.97 Å². The zero-order valence-electron chi connectivity index (χ0n) is 13.1. The maximum atomic E-state index is 13.5. The Morgan fingerprint density at radius 2 is 2.09 bits per heavy atom. The highest BCUT2D eigenvalue weighted by atomic mass is 19.1. The smallest absolute Gasteiger partial charge is 0.274 e. The molecule has 0 saturated carbocycles. The third kappa shape index (κ3) is 3.70. The molecule has 1 saturated heterocycles. The van der Waals surface area contributed by atoms with E-state index in [2.05, 4.69) is 9.97 Å². The molecule has 0 atom stereocenters. The van der Waals surface area contributed by atoms with Crippen LogP contribution in [0, 0.1) is 18.7 Å². The fraction of sp³-hybridized carbons (Fsp3) is 0.412. The minimum Gasteiger partial charge on any atom is -0.490 e. The van der Waals surface area contributed by atoms with Crippen LogP contribution in [0.5, 0.6) is 5.75 Å². The molecular formula is C17H20FN3O2. The molecule has 0 radical (unpaired) electrons. The van der Waals surface area contributed by atoms with Gasteiger partial charge in [-0.25, -0.2) is 9.37 Å². The van der Waals surface area contributed by atoms with E-state index in [1.165, 1.54) is 6.07 Å². The van der Waals surface area contributed by atoms with Gasteiger partial charge in [0.05, 0.1) is 12.8 Å². The molecule has 0 aliphatic carbocycles. The molecule has 122 valence electrons. The number of hydrogen-bond donors (Lipinski definition) is 1. The molecular weight excluding hydrogens is 297 g/mol. The molecule has 0 unspecified atom stereocenters. The highest BCUT2D eigenvalue weighted by Gasteiger charge is 2.22. The van der Waals surface area contributed by atoms with Gasteiger partial charge in [-0.05, 0) is 37.8 Å². The van der Waals surface area contributed by atoms with E-state index in [0.717, 1.165) is 25.9 Å². The maximum absolute atomic E-state index is 13.5. The van der Waals surface area contributed by atoms with Gasteiger partial charge in [-0.1, -0.05) is 12.1 Å². The molecule has 1 fully saturated rings. The van der Waals surface area contributed by atoms with Crippen molar-refractivity contribution < 1.29 is 9.13 Å². The zero-order valence-corrected chi connectivity index (χ0v) is 13.1. The Balaban J connectivity index is 1.54. The van der Waals surface area contributed by atoms with Crippen molar-refractivity contribution in [2.24, 2.45) is 5.92 Å². The van der Waals surface area contributed by atoms with Crippen molar-refractivity contribution >= 4 is 5.69 Å². The van der Waals surface area contributed by atoms with Crippen molar-refractivity contribution in [1.29, 1.82) is 0 Å². The summed E-state index contributed by atoms with van der Waals surface area (Å²) in [6.45, 7) is 3.81. The molecule has 1 aromatic carbocycles. The van der Waals surface area contributed by atoms with Crippen LogP contribution in [0.4, 0.5) is 10.1 Å². The van der Waals surface area contributed by atoms with Gasteiger partial charge in [0.2, 0.25) is 0 Å². The van der Waals surface area contributed by atoms with E-state index >= 15 is 0 Å². The second-order valence-electron chi connectivity index (χ2n) is 5.85. The van der Waals surface area contributed by atoms with Gasteiger partial charge >= 0.3 is 0 Å². The molecule has 0 spiro atoms.